The molecule has 0 saturated heterocycles. The van der Waals surface area contributed by atoms with Crippen LogP contribution in [0.1, 0.15) is 13.8 Å². The van der Waals surface area contributed by atoms with Gasteiger partial charge in [-0.1, -0.05) is 0 Å². The molecule has 8 nitrogen and oxygen atoms in total. The summed E-state index contributed by atoms with van der Waals surface area (Å²) >= 11 is 5.01. The molecule has 2 amide bonds. The molecule has 0 heterocycles. The zero-order valence-electron chi connectivity index (χ0n) is 11.0. The SMILES string of the molecule is CC(C)(C=NO)S(C)(=O)=O.CN(C(=O)[O-])C(=O)CCl. The molecule has 10 heteroatoms. The summed E-state index contributed by atoms with van der Waals surface area (Å²) in [6.45, 7) is 2.92. The molecule has 0 bridgehead atoms. The molecule has 0 aliphatic rings. The van der Waals surface area contributed by atoms with Crippen molar-refractivity contribution in [3.8, 4) is 0 Å². The van der Waals surface area contributed by atoms with E-state index in [4.69, 9.17) is 16.8 Å². The molecule has 112 valence electrons. The van der Waals surface area contributed by atoms with Gasteiger partial charge in [0.15, 0.2) is 9.84 Å². The van der Waals surface area contributed by atoms with Crippen molar-refractivity contribution in [2.75, 3.05) is 19.2 Å². The van der Waals surface area contributed by atoms with E-state index in [-0.39, 0.29) is 5.88 Å². The van der Waals surface area contributed by atoms with Crippen molar-refractivity contribution >= 4 is 39.7 Å². The van der Waals surface area contributed by atoms with Gasteiger partial charge in [-0.2, -0.15) is 0 Å². The van der Waals surface area contributed by atoms with Crippen molar-refractivity contribution in [2.45, 2.75) is 18.6 Å². The minimum absolute atomic E-state index is 0.343. The second-order valence-electron chi connectivity index (χ2n) is 3.97. The fourth-order valence-corrected chi connectivity index (χ4v) is 0.844. The Morgan fingerprint density at radius 3 is 2.00 bits per heavy atom. The van der Waals surface area contributed by atoms with Gasteiger partial charge in [-0.05, 0) is 13.8 Å². The van der Waals surface area contributed by atoms with Crippen LogP contribution in [-0.4, -0.2) is 60.7 Å². The molecule has 0 spiro atoms. The van der Waals surface area contributed by atoms with Gasteiger partial charge in [0.2, 0.25) is 5.91 Å². The second-order valence-corrected chi connectivity index (χ2v) is 6.84. The zero-order valence-corrected chi connectivity index (χ0v) is 12.5. The standard InChI is InChI=1S/C5H11NO3S.C4H6ClNO3/c1-5(2,4-6-7)10(3,8)9;1-6(4(8)9)3(7)2-5/h4,7H,1-3H3;2H2,1H3,(H,8,9)/p-1. The quantitative estimate of drug-likeness (QED) is 0.317. The van der Waals surface area contributed by atoms with Crippen LogP contribution >= 0.6 is 11.6 Å². The number of hydrogen-bond donors (Lipinski definition) is 1. The monoisotopic (exact) mass is 315 g/mol. The summed E-state index contributed by atoms with van der Waals surface area (Å²) in [7, 11) is -2.09. The Bertz CT molecular complexity index is 446. The molecular weight excluding hydrogens is 300 g/mol. The number of amides is 2. The van der Waals surface area contributed by atoms with Crippen LogP contribution in [-0.2, 0) is 14.6 Å². The van der Waals surface area contributed by atoms with Crippen LogP contribution in [0.5, 0.6) is 0 Å². The summed E-state index contributed by atoms with van der Waals surface area (Å²) in [5, 5.41) is 20.6. The number of sulfone groups is 1. The van der Waals surface area contributed by atoms with Crippen LogP contribution in [0.25, 0.3) is 0 Å². The Kier molecular flexibility index (Phi) is 8.36. The van der Waals surface area contributed by atoms with Gasteiger partial charge in [0.25, 0.3) is 0 Å². The first-order chi connectivity index (χ1) is 8.40. The van der Waals surface area contributed by atoms with E-state index in [0.29, 0.717) is 4.90 Å². The predicted molar refractivity (Wildman–Crippen MR) is 68.1 cm³/mol. The number of nitrogens with zero attached hydrogens (tertiary/aromatic N) is 2. The number of rotatable bonds is 3. The molecule has 0 unspecified atom stereocenters. The van der Waals surface area contributed by atoms with Gasteiger partial charge >= 0.3 is 0 Å². The second kappa shape index (κ2) is 7.95. The highest BCUT2D eigenvalue weighted by Gasteiger charge is 2.28. The number of halogens is 1. The minimum atomic E-state index is -3.17. The third kappa shape index (κ3) is 7.62. The topological polar surface area (TPSA) is 127 Å². The van der Waals surface area contributed by atoms with E-state index < -0.39 is 26.6 Å². The molecule has 0 aliphatic heterocycles. The summed E-state index contributed by atoms with van der Waals surface area (Å²) in [4.78, 5) is 20.6. The van der Waals surface area contributed by atoms with Gasteiger partial charge in [0.1, 0.15) is 16.7 Å². The summed E-state index contributed by atoms with van der Waals surface area (Å²) in [5.74, 6) is -1.03. The molecule has 0 rings (SSSR count). The number of oxime groups is 1. The van der Waals surface area contributed by atoms with E-state index in [9.17, 15) is 23.1 Å². The van der Waals surface area contributed by atoms with Crippen molar-refractivity contribution in [3.63, 3.8) is 0 Å². The van der Waals surface area contributed by atoms with Crippen molar-refractivity contribution in [1.29, 1.82) is 0 Å². The highest BCUT2D eigenvalue weighted by atomic mass is 35.5. The average Bonchev–Trinajstić information content (AvgIpc) is 2.26. The van der Waals surface area contributed by atoms with Gasteiger partial charge in [-0.25, -0.2) is 8.42 Å². The van der Waals surface area contributed by atoms with Crippen molar-refractivity contribution in [1.82, 2.24) is 4.90 Å². The first-order valence-corrected chi connectivity index (χ1v) is 7.25. The molecular formula is C9H16ClN2O6S-. The van der Waals surface area contributed by atoms with E-state index in [2.05, 4.69) is 5.16 Å². The maximum Gasteiger partial charge on any atom is 0.242 e. The van der Waals surface area contributed by atoms with Crippen molar-refractivity contribution < 1.29 is 28.3 Å². The molecule has 19 heavy (non-hydrogen) atoms. The molecule has 0 saturated carbocycles. The molecule has 0 radical (unpaired) electrons. The number of imide groups is 1. The van der Waals surface area contributed by atoms with Gasteiger partial charge in [0, 0.05) is 13.3 Å². The molecule has 0 atom stereocenters. The fraction of sp³-hybridized carbons (Fsp3) is 0.667. The van der Waals surface area contributed by atoms with Crippen molar-refractivity contribution in [2.24, 2.45) is 5.16 Å². The van der Waals surface area contributed by atoms with Crippen LogP contribution in [0.2, 0.25) is 0 Å². The average molecular weight is 316 g/mol. The highest BCUT2D eigenvalue weighted by molar-refractivity contribution is 7.92. The van der Waals surface area contributed by atoms with Crippen LogP contribution in [0, 0.1) is 0 Å². The molecule has 0 fully saturated rings. The smallest absolute Gasteiger partial charge is 0.242 e. The number of carboxylic acid groups (broad SMARTS) is 1. The van der Waals surface area contributed by atoms with E-state index in [1.807, 2.05) is 0 Å². The molecule has 0 aliphatic carbocycles. The summed E-state index contributed by atoms with van der Waals surface area (Å²) < 4.78 is 20.6. The lowest BCUT2D eigenvalue weighted by Crippen LogP contribution is -2.42. The van der Waals surface area contributed by atoms with Crippen molar-refractivity contribution in [3.05, 3.63) is 0 Å². The van der Waals surface area contributed by atoms with Gasteiger partial charge < -0.3 is 20.0 Å². The number of alkyl halides is 1. The molecule has 0 aromatic heterocycles. The lowest BCUT2D eigenvalue weighted by molar-refractivity contribution is -0.262. The van der Waals surface area contributed by atoms with Crippen LogP contribution in [0.3, 0.4) is 0 Å². The third-order valence-electron chi connectivity index (χ3n) is 2.09. The van der Waals surface area contributed by atoms with Crippen LogP contribution < -0.4 is 5.11 Å². The fourth-order valence-electron chi connectivity index (χ4n) is 0.426. The van der Waals surface area contributed by atoms with E-state index in [1.54, 1.807) is 0 Å². The maximum absolute atomic E-state index is 10.8. The Hall–Kier alpha value is -1.35. The molecule has 0 aromatic rings. The van der Waals surface area contributed by atoms with Gasteiger partial charge in [-0.15, -0.1) is 16.8 Å². The normalized spacial score (nSPS) is 11.6. The summed E-state index contributed by atoms with van der Waals surface area (Å²) in [6, 6.07) is 0. The van der Waals surface area contributed by atoms with Crippen LogP contribution in [0.15, 0.2) is 5.16 Å². The number of hydrogen-bond acceptors (Lipinski definition) is 7. The summed E-state index contributed by atoms with van der Waals surface area (Å²) in [5.41, 5.74) is 0. The largest absolute Gasteiger partial charge is 0.530 e. The first-order valence-electron chi connectivity index (χ1n) is 4.82. The maximum atomic E-state index is 10.8. The third-order valence-corrected chi connectivity index (χ3v) is 4.33. The van der Waals surface area contributed by atoms with E-state index in [0.717, 1.165) is 19.5 Å². The Morgan fingerprint density at radius 2 is 1.89 bits per heavy atom. The number of carbonyl (C=O) groups is 2. The highest BCUT2D eigenvalue weighted by Crippen LogP contribution is 2.10. The number of carbonyl (C=O) groups excluding carboxylic acids is 2. The Balaban J connectivity index is 0. The predicted octanol–water partition coefficient (Wildman–Crippen LogP) is -0.703. The van der Waals surface area contributed by atoms with Gasteiger partial charge in [-0.3, -0.25) is 4.79 Å². The lowest BCUT2D eigenvalue weighted by atomic mass is 10.2. The van der Waals surface area contributed by atoms with E-state index in [1.165, 1.54) is 13.8 Å². The summed E-state index contributed by atoms with van der Waals surface area (Å²) in [6.07, 6.45) is 0.539. The van der Waals surface area contributed by atoms with E-state index >= 15 is 0 Å². The first kappa shape index (κ1) is 20.0. The Labute approximate surface area is 116 Å². The molecule has 0 aromatic carbocycles. The van der Waals surface area contributed by atoms with Crippen LogP contribution in [0.4, 0.5) is 4.79 Å². The minimum Gasteiger partial charge on any atom is -0.530 e. The molecule has 1 N–H and O–H groups in total. The lowest BCUT2D eigenvalue weighted by Gasteiger charge is -2.14. The zero-order chi connectivity index (χ0) is 15.9. The van der Waals surface area contributed by atoms with Gasteiger partial charge in [0.05, 0.1) is 6.21 Å². The Morgan fingerprint density at radius 1 is 1.47 bits per heavy atom.